The van der Waals surface area contributed by atoms with E-state index in [1.165, 1.54) is 0 Å². The first-order valence-corrected chi connectivity index (χ1v) is 6.74. The fourth-order valence-corrected chi connectivity index (χ4v) is 2.02. The Morgan fingerprint density at radius 1 is 1.52 bits per heavy atom. The molecule has 112 valence electrons. The summed E-state index contributed by atoms with van der Waals surface area (Å²) >= 11 is 6.16. The number of oxime groups is 1. The SMILES string of the molecule is Cc1noc(CCNCc2ccc(/C(N)=N/O)cc2Cl)n1. The van der Waals surface area contributed by atoms with Gasteiger partial charge in [-0.3, -0.25) is 0 Å². The summed E-state index contributed by atoms with van der Waals surface area (Å²) in [5, 5.41) is 19.1. The maximum Gasteiger partial charge on any atom is 0.227 e. The van der Waals surface area contributed by atoms with Gasteiger partial charge in [-0.05, 0) is 18.6 Å². The molecule has 0 unspecified atom stereocenters. The molecule has 1 aromatic carbocycles. The average molecular weight is 310 g/mol. The molecule has 8 heteroatoms. The summed E-state index contributed by atoms with van der Waals surface area (Å²) in [6.45, 7) is 3.07. The Labute approximate surface area is 126 Å². The number of nitrogens with zero attached hydrogens (tertiary/aromatic N) is 3. The topological polar surface area (TPSA) is 110 Å². The van der Waals surface area contributed by atoms with Crippen LogP contribution in [0.5, 0.6) is 0 Å². The lowest BCUT2D eigenvalue weighted by Gasteiger charge is -2.07. The minimum atomic E-state index is 0.0307. The number of hydrogen-bond acceptors (Lipinski definition) is 6. The zero-order chi connectivity index (χ0) is 15.2. The normalized spacial score (nSPS) is 11.8. The number of nitrogens with two attached hydrogens (primary N) is 1. The number of halogens is 1. The van der Waals surface area contributed by atoms with Crippen LogP contribution in [0.4, 0.5) is 0 Å². The van der Waals surface area contributed by atoms with E-state index < -0.39 is 0 Å². The largest absolute Gasteiger partial charge is 0.409 e. The molecule has 0 radical (unpaired) electrons. The maximum atomic E-state index is 8.62. The molecule has 1 aromatic heterocycles. The van der Waals surface area contributed by atoms with Crippen molar-refractivity contribution in [2.75, 3.05) is 6.54 Å². The van der Waals surface area contributed by atoms with Crippen molar-refractivity contribution >= 4 is 17.4 Å². The van der Waals surface area contributed by atoms with Crippen molar-refractivity contribution in [2.45, 2.75) is 19.9 Å². The van der Waals surface area contributed by atoms with Crippen LogP contribution in [0.3, 0.4) is 0 Å². The van der Waals surface area contributed by atoms with Crippen LogP contribution >= 0.6 is 11.6 Å². The van der Waals surface area contributed by atoms with Crippen molar-refractivity contribution in [3.05, 3.63) is 46.1 Å². The molecule has 0 bridgehead atoms. The van der Waals surface area contributed by atoms with Crippen LogP contribution in [0.25, 0.3) is 0 Å². The second kappa shape index (κ2) is 7.05. The number of benzene rings is 1. The molecule has 0 saturated heterocycles. The van der Waals surface area contributed by atoms with Gasteiger partial charge in [0.1, 0.15) is 0 Å². The number of rotatable bonds is 6. The first-order valence-electron chi connectivity index (χ1n) is 6.36. The highest BCUT2D eigenvalue weighted by Gasteiger charge is 2.06. The quantitative estimate of drug-likeness (QED) is 0.245. The summed E-state index contributed by atoms with van der Waals surface area (Å²) in [4.78, 5) is 4.12. The third-order valence-electron chi connectivity index (χ3n) is 2.86. The van der Waals surface area contributed by atoms with Crippen LogP contribution in [0, 0.1) is 6.92 Å². The van der Waals surface area contributed by atoms with Gasteiger partial charge < -0.3 is 20.8 Å². The van der Waals surface area contributed by atoms with E-state index in [0.717, 1.165) is 5.56 Å². The molecule has 21 heavy (non-hydrogen) atoms. The van der Waals surface area contributed by atoms with E-state index in [1.54, 1.807) is 19.1 Å². The van der Waals surface area contributed by atoms with Gasteiger partial charge in [0.05, 0.1) is 0 Å². The summed E-state index contributed by atoms with van der Waals surface area (Å²) in [6, 6.07) is 5.24. The minimum absolute atomic E-state index is 0.0307. The number of nitrogens with one attached hydrogen (secondary N) is 1. The Balaban J connectivity index is 1.86. The molecule has 0 aliphatic rings. The van der Waals surface area contributed by atoms with Crippen molar-refractivity contribution in [3.63, 3.8) is 0 Å². The molecule has 0 spiro atoms. The number of amidine groups is 1. The standard InChI is InChI=1S/C13H16ClN5O2/c1-8-17-12(21-19-8)4-5-16-7-10-3-2-9(6-11(10)14)13(15)18-20/h2-3,6,16,20H,4-5,7H2,1H3,(H2,15,18). The molecule has 0 fully saturated rings. The molecule has 2 aromatic rings. The van der Waals surface area contributed by atoms with Gasteiger partial charge in [-0.1, -0.05) is 34.0 Å². The lowest BCUT2D eigenvalue weighted by molar-refractivity contribution is 0.318. The van der Waals surface area contributed by atoms with Crippen LogP contribution in [0.15, 0.2) is 27.9 Å². The fraction of sp³-hybridized carbons (Fsp3) is 0.308. The summed E-state index contributed by atoms with van der Waals surface area (Å²) < 4.78 is 5.02. The van der Waals surface area contributed by atoms with Gasteiger partial charge in [0.2, 0.25) is 5.89 Å². The second-order valence-corrected chi connectivity index (χ2v) is 4.86. The van der Waals surface area contributed by atoms with Crippen LogP contribution in [0.2, 0.25) is 5.02 Å². The smallest absolute Gasteiger partial charge is 0.227 e. The van der Waals surface area contributed by atoms with Crippen molar-refractivity contribution in [1.82, 2.24) is 15.5 Å². The molecular weight excluding hydrogens is 294 g/mol. The lowest BCUT2D eigenvalue weighted by atomic mass is 10.1. The predicted octanol–water partition coefficient (Wildman–Crippen LogP) is 1.46. The van der Waals surface area contributed by atoms with Crippen LogP contribution in [0.1, 0.15) is 22.8 Å². The zero-order valence-corrected chi connectivity index (χ0v) is 12.3. The Bertz CT molecular complexity index is 641. The van der Waals surface area contributed by atoms with Crippen molar-refractivity contribution in [2.24, 2.45) is 10.9 Å². The molecule has 0 aliphatic heterocycles. The average Bonchev–Trinajstić information content (AvgIpc) is 2.89. The summed E-state index contributed by atoms with van der Waals surface area (Å²) in [5.74, 6) is 1.27. The van der Waals surface area contributed by atoms with E-state index >= 15 is 0 Å². The molecule has 0 saturated carbocycles. The predicted molar refractivity (Wildman–Crippen MR) is 78.4 cm³/mol. The van der Waals surface area contributed by atoms with Gasteiger partial charge in [0, 0.05) is 30.1 Å². The van der Waals surface area contributed by atoms with Crippen molar-refractivity contribution in [1.29, 1.82) is 0 Å². The van der Waals surface area contributed by atoms with Gasteiger partial charge in [-0.2, -0.15) is 4.98 Å². The molecule has 0 atom stereocenters. The number of aromatic nitrogens is 2. The second-order valence-electron chi connectivity index (χ2n) is 4.45. The summed E-state index contributed by atoms with van der Waals surface area (Å²) in [6.07, 6.45) is 0.653. The minimum Gasteiger partial charge on any atom is -0.409 e. The first-order chi connectivity index (χ1) is 10.1. The van der Waals surface area contributed by atoms with Gasteiger partial charge >= 0.3 is 0 Å². The van der Waals surface area contributed by atoms with E-state index in [-0.39, 0.29) is 5.84 Å². The highest BCUT2D eigenvalue weighted by Crippen LogP contribution is 2.17. The third kappa shape index (κ3) is 4.17. The lowest BCUT2D eigenvalue weighted by Crippen LogP contribution is -2.18. The first kappa shape index (κ1) is 15.3. The molecular formula is C13H16ClN5O2. The Hall–Kier alpha value is -2.12. The van der Waals surface area contributed by atoms with Crippen LogP contribution in [-0.2, 0) is 13.0 Å². The third-order valence-corrected chi connectivity index (χ3v) is 3.21. The van der Waals surface area contributed by atoms with E-state index in [1.807, 2.05) is 6.07 Å². The van der Waals surface area contributed by atoms with Gasteiger partial charge in [0.15, 0.2) is 11.7 Å². The molecule has 0 aliphatic carbocycles. The Kier molecular flexibility index (Phi) is 5.13. The van der Waals surface area contributed by atoms with Crippen molar-refractivity contribution in [3.8, 4) is 0 Å². The number of hydrogen-bond donors (Lipinski definition) is 3. The van der Waals surface area contributed by atoms with E-state index in [0.29, 0.717) is 41.8 Å². The molecule has 4 N–H and O–H groups in total. The Morgan fingerprint density at radius 2 is 2.33 bits per heavy atom. The molecule has 2 rings (SSSR count). The summed E-state index contributed by atoms with van der Waals surface area (Å²) in [5.41, 5.74) is 7.00. The van der Waals surface area contributed by atoms with Gasteiger partial charge in [-0.25, -0.2) is 0 Å². The Morgan fingerprint density at radius 3 is 2.95 bits per heavy atom. The van der Waals surface area contributed by atoms with E-state index in [4.69, 9.17) is 27.1 Å². The van der Waals surface area contributed by atoms with Crippen LogP contribution < -0.4 is 11.1 Å². The molecule has 7 nitrogen and oxygen atoms in total. The van der Waals surface area contributed by atoms with Crippen LogP contribution in [-0.4, -0.2) is 27.7 Å². The highest BCUT2D eigenvalue weighted by atomic mass is 35.5. The maximum absolute atomic E-state index is 8.62. The highest BCUT2D eigenvalue weighted by molar-refractivity contribution is 6.31. The van der Waals surface area contributed by atoms with Gasteiger partial charge in [0.25, 0.3) is 0 Å². The number of aryl methyl sites for hydroxylation is 1. The molecule has 1 heterocycles. The monoisotopic (exact) mass is 309 g/mol. The zero-order valence-electron chi connectivity index (χ0n) is 11.5. The van der Waals surface area contributed by atoms with E-state index in [9.17, 15) is 0 Å². The van der Waals surface area contributed by atoms with E-state index in [2.05, 4.69) is 20.6 Å². The van der Waals surface area contributed by atoms with Crippen molar-refractivity contribution < 1.29 is 9.73 Å². The molecule has 0 amide bonds. The summed E-state index contributed by atoms with van der Waals surface area (Å²) in [7, 11) is 0. The fourth-order valence-electron chi connectivity index (χ4n) is 1.77. The van der Waals surface area contributed by atoms with Gasteiger partial charge in [-0.15, -0.1) is 0 Å².